The third kappa shape index (κ3) is 5.14. The van der Waals surface area contributed by atoms with Crippen LogP contribution in [0.4, 0.5) is 5.00 Å². The molecular weight excluding hydrogens is 440 g/mol. The van der Waals surface area contributed by atoms with E-state index in [1.807, 2.05) is 0 Å². The molecule has 1 aromatic heterocycles. The van der Waals surface area contributed by atoms with Crippen molar-refractivity contribution >= 4 is 33.2 Å². The fourth-order valence-corrected chi connectivity index (χ4v) is 5.62. The fourth-order valence-electron chi connectivity index (χ4n) is 3.96. The zero-order valence-electron chi connectivity index (χ0n) is 17.8. The predicted octanol–water partition coefficient (Wildman–Crippen LogP) is 3.65. The Morgan fingerprint density at radius 1 is 1.25 bits per heavy atom. The maximum absolute atomic E-state index is 12.6. The number of carbonyl (C=O) groups is 1. The van der Waals surface area contributed by atoms with Crippen LogP contribution in [0.5, 0.6) is 0 Å². The van der Waals surface area contributed by atoms with Crippen LogP contribution in [0.25, 0.3) is 0 Å². The van der Waals surface area contributed by atoms with Crippen molar-refractivity contribution in [3.8, 4) is 6.07 Å². The Bertz CT molecular complexity index is 1210. The van der Waals surface area contributed by atoms with Crippen molar-refractivity contribution in [1.29, 1.82) is 5.26 Å². The smallest absolute Gasteiger partial charge is 0.229 e. The lowest BCUT2D eigenvalue weighted by Crippen LogP contribution is -2.29. The number of hydrogen-bond acceptors (Lipinski definition) is 5. The van der Waals surface area contributed by atoms with Crippen LogP contribution in [0.15, 0.2) is 53.4 Å². The van der Waals surface area contributed by atoms with Gasteiger partial charge < -0.3 is 5.32 Å². The number of benzene rings is 2. The summed E-state index contributed by atoms with van der Waals surface area (Å²) in [7, 11) is -1.54. The van der Waals surface area contributed by atoms with Crippen LogP contribution in [0, 0.1) is 18.3 Å². The number of nitriles is 1. The second kappa shape index (κ2) is 9.76. The Balaban J connectivity index is 1.44. The molecule has 1 aliphatic heterocycles. The Morgan fingerprint density at radius 3 is 2.72 bits per heavy atom. The molecule has 164 valence electrons. The van der Waals surface area contributed by atoms with Gasteiger partial charge in [-0.05, 0) is 42.2 Å². The SMILES string of the molecule is Cc1cccc(CN2CCc3c(sc(NC(=O)Cc4ccc(S(N)=O)cc4)c3C#N)C2)c1. The first-order chi connectivity index (χ1) is 15.4. The third-order valence-corrected chi connectivity index (χ3v) is 7.38. The number of nitrogens with zero attached hydrogens (tertiary/aromatic N) is 2. The number of nitrogens with one attached hydrogen (secondary N) is 1. The maximum Gasteiger partial charge on any atom is 0.229 e. The molecule has 32 heavy (non-hydrogen) atoms. The lowest BCUT2D eigenvalue weighted by Gasteiger charge is -2.26. The summed E-state index contributed by atoms with van der Waals surface area (Å²) >= 11 is 1.50. The van der Waals surface area contributed by atoms with E-state index in [4.69, 9.17) is 5.14 Å². The van der Waals surface area contributed by atoms with Gasteiger partial charge in [-0.3, -0.25) is 9.69 Å². The van der Waals surface area contributed by atoms with Gasteiger partial charge in [0.25, 0.3) is 0 Å². The van der Waals surface area contributed by atoms with Crippen molar-refractivity contribution < 1.29 is 9.00 Å². The van der Waals surface area contributed by atoms with E-state index < -0.39 is 11.0 Å². The Morgan fingerprint density at radius 2 is 2.03 bits per heavy atom. The molecule has 8 heteroatoms. The van der Waals surface area contributed by atoms with Crippen molar-refractivity contribution in [2.24, 2.45) is 5.14 Å². The summed E-state index contributed by atoms with van der Waals surface area (Å²) < 4.78 is 11.3. The van der Waals surface area contributed by atoms with Crippen LogP contribution in [0.1, 0.15) is 32.7 Å². The highest BCUT2D eigenvalue weighted by Crippen LogP contribution is 2.37. The molecule has 0 aliphatic carbocycles. The van der Waals surface area contributed by atoms with Crippen LogP contribution < -0.4 is 10.5 Å². The highest BCUT2D eigenvalue weighted by atomic mass is 32.2. The summed E-state index contributed by atoms with van der Waals surface area (Å²) in [5, 5.41) is 18.7. The highest BCUT2D eigenvalue weighted by Gasteiger charge is 2.25. The molecule has 0 radical (unpaired) electrons. The number of hydrogen-bond donors (Lipinski definition) is 2. The molecule has 1 unspecified atom stereocenters. The number of thiophene rings is 1. The van der Waals surface area contributed by atoms with Gasteiger partial charge in [0, 0.05) is 24.5 Å². The second-order valence-electron chi connectivity index (χ2n) is 7.94. The third-order valence-electron chi connectivity index (χ3n) is 5.51. The number of nitrogens with two attached hydrogens (primary N) is 1. The van der Waals surface area contributed by atoms with Gasteiger partial charge in [-0.25, -0.2) is 9.35 Å². The summed E-state index contributed by atoms with van der Waals surface area (Å²) in [5.41, 5.74) is 4.97. The maximum atomic E-state index is 12.6. The van der Waals surface area contributed by atoms with Gasteiger partial charge in [-0.15, -0.1) is 11.3 Å². The number of aryl methyl sites for hydroxylation is 1. The molecule has 0 fully saturated rings. The number of amides is 1. The van der Waals surface area contributed by atoms with Gasteiger partial charge in [0.05, 0.1) is 16.9 Å². The van der Waals surface area contributed by atoms with E-state index in [1.54, 1.807) is 24.3 Å². The Labute approximate surface area is 194 Å². The number of fused-ring (bicyclic) bond motifs is 1. The Kier molecular flexibility index (Phi) is 6.82. The molecule has 0 bridgehead atoms. The largest absolute Gasteiger partial charge is 0.316 e. The molecule has 4 rings (SSSR count). The van der Waals surface area contributed by atoms with Crippen molar-refractivity contribution in [3.05, 3.63) is 81.2 Å². The summed E-state index contributed by atoms with van der Waals surface area (Å²) in [6.07, 6.45) is 0.971. The molecule has 6 nitrogen and oxygen atoms in total. The van der Waals surface area contributed by atoms with Crippen molar-refractivity contribution in [1.82, 2.24) is 4.90 Å². The van der Waals surface area contributed by atoms with E-state index in [1.165, 1.54) is 22.5 Å². The standard InChI is InChI=1S/C24H24N4O2S2/c1-16-3-2-4-18(11-16)14-28-10-9-20-21(13-25)24(31-22(20)15-28)27-23(29)12-17-5-7-19(8-6-17)32(26)30/h2-8,11H,9-10,12,14-15,26H2,1H3,(H,27,29). The second-order valence-corrected chi connectivity index (χ2v) is 10.1. The summed E-state index contributed by atoms with van der Waals surface area (Å²) in [6, 6.07) is 17.6. The van der Waals surface area contributed by atoms with Gasteiger partial charge in [-0.2, -0.15) is 5.26 Å². The molecule has 0 spiro atoms. The molecule has 0 saturated carbocycles. The van der Waals surface area contributed by atoms with E-state index in [0.29, 0.717) is 15.5 Å². The average Bonchev–Trinajstić information content (AvgIpc) is 3.10. The van der Waals surface area contributed by atoms with Gasteiger partial charge >= 0.3 is 0 Å². The summed E-state index contributed by atoms with van der Waals surface area (Å²) in [4.78, 5) is 16.6. The fraction of sp³-hybridized carbons (Fsp3) is 0.250. The summed E-state index contributed by atoms with van der Waals surface area (Å²) in [6.45, 7) is 4.62. The molecule has 1 aliphatic rings. The van der Waals surface area contributed by atoms with E-state index in [9.17, 15) is 14.3 Å². The van der Waals surface area contributed by atoms with E-state index in [-0.39, 0.29) is 12.3 Å². The number of anilines is 1. The molecule has 2 heterocycles. The lowest BCUT2D eigenvalue weighted by atomic mass is 10.0. The molecule has 1 atom stereocenters. The first-order valence-corrected chi connectivity index (χ1v) is 12.3. The van der Waals surface area contributed by atoms with Gasteiger partial charge in [0.15, 0.2) is 0 Å². The van der Waals surface area contributed by atoms with Crippen LogP contribution in [-0.2, 0) is 41.7 Å². The van der Waals surface area contributed by atoms with Crippen molar-refractivity contribution in [3.63, 3.8) is 0 Å². The summed E-state index contributed by atoms with van der Waals surface area (Å²) in [5.74, 6) is -0.182. The molecule has 2 aromatic carbocycles. The minimum absolute atomic E-state index is 0.171. The van der Waals surface area contributed by atoms with E-state index in [2.05, 4.69) is 47.5 Å². The first-order valence-electron chi connectivity index (χ1n) is 10.3. The van der Waals surface area contributed by atoms with Gasteiger partial charge in [-0.1, -0.05) is 42.0 Å². The first kappa shape index (κ1) is 22.4. The van der Waals surface area contributed by atoms with Crippen LogP contribution in [0.2, 0.25) is 0 Å². The highest BCUT2D eigenvalue weighted by molar-refractivity contribution is 7.82. The molecule has 3 N–H and O–H groups in total. The van der Waals surface area contributed by atoms with E-state index >= 15 is 0 Å². The molecule has 0 saturated heterocycles. The molecule has 1 amide bonds. The lowest BCUT2D eigenvalue weighted by molar-refractivity contribution is -0.115. The van der Waals surface area contributed by atoms with Gasteiger partial charge in [0.2, 0.25) is 5.91 Å². The minimum atomic E-state index is -1.54. The van der Waals surface area contributed by atoms with Crippen molar-refractivity contribution in [2.45, 2.75) is 37.8 Å². The number of rotatable bonds is 6. The Hall–Kier alpha value is -2.83. The van der Waals surface area contributed by atoms with Gasteiger partial charge in [0.1, 0.15) is 22.1 Å². The minimum Gasteiger partial charge on any atom is -0.316 e. The van der Waals surface area contributed by atoms with Crippen molar-refractivity contribution in [2.75, 3.05) is 11.9 Å². The van der Waals surface area contributed by atoms with Crippen LogP contribution in [-0.4, -0.2) is 21.6 Å². The average molecular weight is 465 g/mol. The number of carbonyl (C=O) groups excluding carboxylic acids is 1. The normalized spacial score (nSPS) is 14.4. The topological polar surface area (TPSA) is 99.2 Å². The zero-order chi connectivity index (χ0) is 22.7. The quantitative estimate of drug-likeness (QED) is 0.582. The predicted molar refractivity (Wildman–Crippen MR) is 127 cm³/mol. The van der Waals surface area contributed by atoms with Crippen LogP contribution >= 0.6 is 11.3 Å². The molecular formula is C24H24N4O2S2. The molecule has 3 aromatic rings. The van der Waals surface area contributed by atoms with Crippen LogP contribution in [0.3, 0.4) is 0 Å². The zero-order valence-corrected chi connectivity index (χ0v) is 19.4. The van der Waals surface area contributed by atoms with E-state index in [0.717, 1.165) is 42.1 Å². The monoisotopic (exact) mass is 464 g/mol.